The van der Waals surface area contributed by atoms with Crippen LogP contribution in [0.1, 0.15) is 34.3 Å². The van der Waals surface area contributed by atoms with Crippen molar-refractivity contribution in [2.75, 3.05) is 5.32 Å². The number of nitrogens with one attached hydrogen (secondary N) is 1. The lowest BCUT2D eigenvalue weighted by Crippen LogP contribution is -2.15. The number of carbonyl (C=O) groups excluding carboxylic acids is 2. The molecule has 0 aliphatic heterocycles. The average Bonchev–Trinajstić information content (AvgIpc) is 2.49. The van der Waals surface area contributed by atoms with Gasteiger partial charge in [0.1, 0.15) is 0 Å². The SMILES string of the molecule is Cc1cccc(C)c1NC(=O)CCC(=O)c1ccccc1. The minimum absolute atomic E-state index is 0.00717. The maximum atomic E-state index is 12.0. The van der Waals surface area contributed by atoms with E-state index >= 15 is 0 Å². The molecule has 3 heteroatoms. The number of ketones is 1. The van der Waals surface area contributed by atoms with Gasteiger partial charge in [0.05, 0.1) is 0 Å². The Bertz CT molecular complexity index is 627. The summed E-state index contributed by atoms with van der Waals surface area (Å²) in [5, 5.41) is 2.89. The van der Waals surface area contributed by atoms with Gasteiger partial charge in [-0.15, -0.1) is 0 Å². The summed E-state index contributed by atoms with van der Waals surface area (Å²) in [6.07, 6.45) is 0.419. The van der Waals surface area contributed by atoms with Crippen molar-refractivity contribution >= 4 is 17.4 Å². The van der Waals surface area contributed by atoms with Crippen molar-refractivity contribution in [3.8, 4) is 0 Å². The number of hydrogen-bond donors (Lipinski definition) is 1. The van der Waals surface area contributed by atoms with E-state index in [0.717, 1.165) is 16.8 Å². The van der Waals surface area contributed by atoms with Crippen LogP contribution in [-0.2, 0) is 4.79 Å². The van der Waals surface area contributed by atoms with Crippen molar-refractivity contribution in [2.24, 2.45) is 0 Å². The predicted molar refractivity (Wildman–Crippen MR) is 84.6 cm³/mol. The first-order valence-electron chi connectivity index (χ1n) is 7.02. The Morgan fingerprint density at radius 2 is 1.48 bits per heavy atom. The van der Waals surface area contributed by atoms with Crippen molar-refractivity contribution in [1.82, 2.24) is 0 Å². The summed E-state index contributed by atoms with van der Waals surface area (Å²) in [7, 11) is 0. The maximum Gasteiger partial charge on any atom is 0.224 e. The number of amides is 1. The van der Waals surface area contributed by atoms with Crippen molar-refractivity contribution in [3.05, 3.63) is 65.2 Å². The Labute approximate surface area is 125 Å². The summed E-state index contributed by atoms with van der Waals surface area (Å²) in [4.78, 5) is 23.9. The molecule has 1 amide bonds. The van der Waals surface area contributed by atoms with Crippen LogP contribution in [0.25, 0.3) is 0 Å². The fourth-order valence-corrected chi connectivity index (χ4v) is 2.21. The van der Waals surface area contributed by atoms with Crippen molar-refractivity contribution in [1.29, 1.82) is 0 Å². The normalized spacial score (nSPS) is 10.2. The van der Waals surface area contributed by atoms with E-state index in [2.05, 4.69) is 5.32 Å². The van der Waals surface area contributed by atoms with Crippen molar-refractivity contribution in [3.63, 3.8) is 0 Å². The van der Waals surface area contributed by atoms with Gasteiger partial charge in [0.2, 0.25) is 5.91 Å². The molecule has 108 valence electrons. The zero-order valence-corrected chi connectivity index (χ0v) is 12.3. The highest BCUT2D eigenvalue weighted by atomic mass is 16.2. The molecule has 0 heterocycles. The smallest absolute Gasteiger partial charge is 0.224 e. The molecular weight excluding hydrogens is 262 g/mol. The van der Waals surface area contributed by atoms with E-state index in [1.165, 1.54) is 0 Å². The van der Waals surface area contributed by atoms with Crippen LogP contribution in [-0.4, -0.2) is 11.7 Å². The largest absolute Gasteiger partial charge is 0.326 e. The van der Waals surface area contributed by atoms with Gasteiger partial charge in [-0.1, -0.05) is 48.5 Å². The van der Waals surface area contributed by atoms with Crippen LogP contribution in [0, 0.1) is 13.8 Å². The fourth-order valence-electron chi connectivity index (χ4n) is 2.21. The number of rotatable bonds is 5. The Balaban J connectivity index is 1.92. The highest BCUT2D eigenvalue weighted by molar-refractivity contribution is 6.00. The molecule has 0 aliphatic carbocycles. The second kappa shape index (κ2) is 6.84. The lowest BCUT2D eigenvalue weighted by molar-refractivity contribution is -0.116. The molecule has 0 saturated carbocycles. The van der Waals surface area contributed by atoms with Gasteiger partial charge in [-0.3, -0.25) is 9.59 Å². The number of Topliss-reactive ketones (excluding diaryl/α,β-unsaturated/α-hetero) is 1. The molecule has 0 spiro atoms. The minimum Gasteiger partial charge on any atom is -0.326 e. The van der Waals surface area contributed by atoms with Crippen molar-refractivity contribution in [2.45, 2.75) is 26.7 Å². The molecule has 21 heavy (non-hydrogen) atoms. The number of anilines is 1. The Morgan fingerprint density at radius 3 is 2.10 bits per heavy atom. The van der Waals surface area contributed by atoms with Crippen molar-refractivity contribution < 1.29 is 9.59 Å². The van der Waals surface area contributed by atoms with Gasteiger partial charge in [0.25, 0.3) is 0 Å². The van der Waals surface area contributed by atoms with E-state index in [0.29, 0.717) is 5.56 Å². The van der Waals surface area contributed by atoms with Gasteiger partial charge >= 0.3 is 0 Å². The zero-order valence-electron chi connectivity index (χ0n) is 12.3. The molecule has 0 unspecified atom stereocenters. The quantitative estimate of drug-likeness (QED) is 0.845. The van der Waals surface area contributed by atoms with E-state index in [1.54, 1.807) is 12.1 Å². The molecule has 1 N–H and O–H groups in total. The maximum absolute atomic E-state index is 12.0. The Morgan fingerprint density at radius 1 is 0.857 bits per heavy atom. The highest BCUT2D eigenvalue weighted by Gasteiger charge is 2.11. The standard InChI is InChI=1S/C18H19NO2/c1-13-7-6-8-14(2)18(13)19-17(21)12-11-16(20)15-9-4-3-5-10-15/h3-10H,11-12H2,1-2H3,(H,19,21). The number of benzene rings is 2. The van der Waals surface area contributed by atoms with Crippen LogP contribution >= 0.6 is 0 Å². The van der Waals surface area contributed by atoms with Gasteiger partial charge in [-0.05, 0) is 25.0 Å². The predicted octanol–water partition coefficient (Wildman–Crippen LogP) is 3.91. The third-order valence-electron chi connectivity index (χ3n) is 3.42. The molecule has 0 aliphatic rings. The molecule has 0 fully saturated rings. The summed E-state index contributed by atoms with van der Waals surface area (Å²) in [6, 6.07) is 14.9. The first-order chi connectivity index (χ1) is 10.1. The molecule has 2 aromatic carbocycles. The van der Waals surface area contributed by atoms with Gasteiger partial charge < -0.3 is 5.32 Å². The molecule has 0 saturated heterocycles. The van der Waals surface area contributed by atoms with Crippen LogP contribution in [0.5, 0.6) is 0 Å². The molecule has 0 aromatic heterocycles. The highest BCUT2D eigenvalue weighted by Crippen LogP contribution is 2.19. The lowest BCUT2D eigenvalue weighted by atomic mass is 10.1. The first kappa shape index (κ1) is 15.0. The molecule has 2 aromatic rings. The van der Waals surface area contributed by atoms with Crippen LogP contribution in [0.15, 0.2) is 48.5 Å². The van der Waals surface area contributed by atoms with E-state index in [-0.39, 0.29) is 24.5 Å². The first-order valence-corrected chi connectivity index (χ1v) is 7.02. The molecule has 0 bridgehead atoms. The summed E-state index contributed by atoms with van der Waals surface area (Å²) in [5.41, 5.74) is 3.54. The minimum atomic E-state index is -0.128. The zero-order chi connectivity index (χ0) is 15.2. The summed E-state index contributed by atoms with van der Waals surface area (Å²) < 4.78 is 0. The monoisotopic (exact) mass is 281 g/mol. The second-order valence-corrected chi connectivity index (χ2v) is 5.10. The van der Waals surface area contributed by atoms with E-state index < -0.39 is 0 Å². The van der Waals surface area contributed by atoms with E-state index in [4.69, 9.17) is 0 Å². The molecular formula is C18H19NO2. The number of hydrogen-bond acceptors (Lipinski definition) is 2. The van der Waals surface area contributed by atoms with E-state index in [9.17, 15) is 9.59 Å². The van der Waals surface area contributed by atoms with Gasteiger partial charge in [0.15, 0.2) is 5.78 Å². The third-order valence-corrected chi connectivity index (χ3v) is 3.42. The second-order valence-electron chi connectivity index (χ2n) is 5.10. The van der Waals surface area contributed by atoms with Gasteiger partial charge in [-0.25, -0.2) is 0 Å². The summed E-state index contributed by atoms with van der Waals surface area (Å²) in [5.74, 6) is -0.135. The summed E-state index contributed by atoms with van der Waals surface area (Å²) >= 11 is 0. The van der Waals surface area contributed by atoms with Crippen LogP contribution in [0.3, 0.4) is 0 Å². The Kier molecular flexibility index (Phi) is 4.88. The molecule has 2 rings (SSSR count). The van der Waals surface area contributed by atoms with Crippen LogP contribution < -0.4 is 5.32 Å². The van der Waals surface area contributed by atoms with Crippen LogP contribution in [0.2, 0.25) is 0 Å². The molecule has 3 nitrogen and oxygen atoms in total. The number of para-hydroxylation sites is 1. The van der Waals surface area contributed by atoms with E-state index in [1.807, 2.05) is 50.2 Å². The number of carbonyl (C=O) groups is 2. The molecule has 0 atom stereocenters. The number of aryl methyl sites for hydroxylation is 2. The van der Waals surface area contributed by atoms with Crippen LogP contribution in [0.4, 0.5) is 5.69 Å². The lowest BCUT2D eigenvalue weighted by Gasteiger charge is -2.11. The summed E-state index contributed by atoms with van der Waals surface area (Å²) in [6.45, 7) is 3.91. The third kappa shape index (κ3) is 4.02. The van der Waals surface area contributed by atoms with Gasteiger partial charge in [0, 0.05) is 24.1 Å². The molecule has 0 radical (unpaired) electrons. The Hall–Kier alpha value is -2.42. The average molecular weight is 281 g/mol. The van der Waals surface area contributed by atoms with Gasteiger partial charge in [-0.2, -0.15) is 0 Å². The fraction of sp³-hybridized carbons (Fsp3) is 0.222. The topological polar surface area (TPSA) is 46.2 Å².